The number of likely N-dealkylation sites (tertiary alicyclic amines) is 1. The summed E-state index contributed by atoms with van der Waals surface area (Å²) in [5.74, 6) is -0.492. The number of carbonyl (C=O) groups excluding carboxylic acids is 2. The first-order chi connectivity index (χ1) is 11.1. The average Bonchev–Trinajstić information content (AvgIpc) is 2.71. The lowest BCUT2D eigenvalue weighted by Crippen LogP contribution is -2.44. The van der Waals surface area contributed by atoms with Crippen LogP contribution >= 0.6 is 0 Å². The summed E-state index contributed by atoms with van der Waals surface area (Å²) in [5.41, 5.74) is -0.217. The molecule has 0 spiro atoms. The third kappa shape index (κ3) is 5.07. The van der Waals surface area contributed by atoms with Gasteiger partial charge in [0.25, 0.3) is 0 Å². The van der Waals surface area contributed by atoms with Crippen molar-refractivity contribution >= 4 is 20.4 Å². The summed E-state index contributed by atoms with van der Waals surface area (Å²) in [6.45, 7) is 20.0. The summed E-state index contributed by atoms with van der Waals surface area (Å²) < 4.78 is 16.7. The second-order valence-corrected chi connectivity index (χ2v) is 13.7. The van der Waals surface area contributed by atoms with Crippen molar-refractivity contribution in [1.29, 1.82) is 0 Å². The zero-order valence-electron chi connectivity index (χ0n) is 17.1. The molecule has 0 saturated carbocycles. The fourth-order valence-electron chi connectivity index (χ4n) is 2.34. The van der Waals surface area contributed by atoms with Crippen molar-refractivity contribution in [3.05, 3.63) is 12.3 Å². The molecule has 144 valence electrons. The van der Waals surface area contributed by atoms with Crippen LogP contribution in [0, 0.1) is 0 Å². The molecule has 1 saturated heterocycles. The number of esters is 1. The first-order valence-electron chi connectivity index (χ1n) is 8.57. The Balaban J connectivity index is 3.09. The van der Waals surface area contributed by atoms with Crippen LogP contribution in [0.3, 0.4) is 0 Å². The third-order valence-corrected chi connectivity index (χ3v) is 9.22. The Bertz CT molecular complexity index is 545. The summed E-state index contributed by atoms with van der Waals surface area (Å²) in [6.07, 6.45) is -0.677. The summed E-state index contributed by atoms with van der Waals surface area (Å²) in [7, 11) is -0.783. The quantitative estimate of drug-likeness (QED) is 0.552. The van der Waals surface area contributed by atoms with Gasteiger partial charge in [-0.2, -0.15) is 0 Å². The topological polar surface area (TPSA) is 65.1 Å². The Kier molecular flexibility index (Phi) is 6.17. The Morgan fingerprint density at radius 3 is 2.08 bits per heavy atom. The smallest absolute Gasteiger partial charge is 0.415 e. The zero-order chi connectivity index (χ0) is 19.8. The molecule has 6 nitrogen and oxygen atoms in total. The van der Waals surface area contributed by atoms with E-state index >= 15 is 0 Å². The molecule has 1 heterocycles. The molecule has 0 aromatic carbocycles. The largest absolute Gasteiger partial charge is 0.467 e. The number of methoxy groups -OCH3 is 1. The van der Waals surface area contributed by atoms with Gasteiger partial charge in [0.05, 0.1) is 13.2 Å². The van der Waals surface area contributed by atoms with Crippen LogP contribution in [0.15, 0.2) is 12.3 Å². The maximum absolute atomic E-state index is 12.6. The molecule has 0 aromatic rings. The first-order valence-corrected chi connectivity index (χ1v) is 11.5. The van der Waals surface area contributed by atoms with Gasteiger partial charge in [0.15, 0.2) is 8.32 Å². The molecule has 1 unspecified atom stereocenters. The maximum atomic E-state index is 12.6. The van der Waals surface area contributed by atoms with E-state index in [4.69, 9.17) is 13.9 Å². The summed E-state index contributed by atoms with van der Waals surface area (Å²) in [6, 6.07) is -0.776. The van der Waals surface area contributed by atoms with Gasteiger partial charge < -0.3 is 13.9 Å². The van der Waals surface area contributed by atoms with Crippen LogP contribution in [-0.4, -0.2) is 50.1 Å². The van der Waals surface area contributed by atoms with E-state index in [1.54, 1.807) is 20.8 Å². The maximum Gasteiger partial charge on any atom is 0.415 e. The molecule has 1 aliphatic heterocycles. The minimum atomic E-state index is -2.09. The SMILES string of the molecule is C=C1C(O[Si](C)(C)C(C)(C)C)C[C@@H](C(=O)OC)N1C(=O)OC(C)(C)C. The first kappa shape index (κ1) is 21.7. The lowest BCUT2D eigenvalue weighted by atomic mass is 10.2. The van der Waals surface area contributed by atoms with Gasteiger partial charge in [-0.15, -0.1) is 0 Å². The molecule has 2 atom stereocenters. The van der Waals surface area contributed by atoms with Gasteiger partial charge in [-0.3, -0.25) is 4.90 Å². The molecule has 0 aromatic heterocycles. The number of rotatable bonds is 3. The predicted octanol–water partition coefficient (Wildman–Crippen LogP) is 4.07. The van der Waals surface area contributed by atoms with Crippen LogP contribution in [0.25, 0.3) is 0 Å². The van der Waals surface area contributed by atoms with Gasteiger partial charge in [0.1, 0.15) is 11.6 Å². The second kappa shape index (κ2) is 7.11. The van der Waals surface area contributed by atoms with E-state index in [9.17, 15) is 9.59 Å². The van der Waals surface area contributed by atoms with Crippen molar-refractivity contribution in [2.75, 3.05) is 7.11 Å². The fourth-order valence-corrected chi connectivity index (χ4v) is 3.64. The Hall–Kier alpha value is -1.34. The van der Waals surface area contributed by atoms with Crippen molar-refractivity contribution < 1.29 is 23.5 Å². The van der Waals surface area contributed by atoms with Gasteiger partial charge in [0, 0.05) is 12.1 Å². The van der Waals surface area contributed by atoms with Gasteiger partial charge in [-0.05, 0) is 38.9 Å². The van der Waals surface area contributed by atoms with E-state index < -0.39 is 38.1 Å². The van der Waals surface area contributed by atoms with Gasteiger partial charge in [-0.1, -0.05) is 27.4 Å². The van der Waals surface area contributed by atoms with E-state index in [1.165, 1.54) is 12.0 Å². The average molecular weight is 372 g/mol. The van der Waals surface area contributed by atoms with Crippen molar-refractivity contribution in [2.24, 2.45) is 0 Å². The Morgan fingerprint density at radius 2 is 1.68 bits per heavy atom. The lowest BCUT2D eigenvalue weighted by Gasteiger charge is -2.38. The van der Waals surface area contributed by atoms with Gasteiger partial charge in [0.2, 0.25) is 0 Å². The van der Waals surface area contributed by atoms with Crippen molar-refractivity contribution in [3.8, 4) is 0 Å². The minimum Gasteiger partial charge on any atom is -0.467 e. The van der Waals surface area contributed by atoms with Gasteiger partial charge >= 0.3 is 12.1 Å². The van der Waals surface area contributed by atoms with E-state index in [0.29, 0.717) is 12.1 Å². The highest BCUT2D eigenvalue weighted by Gasteiger charge is 2.49. The number of carbonyl (C=O) groups is 2. The van der Waals surface area contributed by atoms with Crippen LogP contribution in [0.2, 0.25) is 18.1 Å². The highest BCUT2D eigenvalue weighted by Crippen LogP contribution is 2.41. The summed E-state index contributed by atoms with van der Waals surface area (Å²) in [5, 5.41) is 0.00732. The summed E-state index contributed by atoms with van der Waals surface area (Å²) >= 11 is 0. The fraction of sp³-hybridized carbons (Fsp3) is 0.778. The molecule has 1 aliphatic rings. The zero-order valence-corrected chi connectivity index (χ0v) is 18.1. The normalized spacial score (nSPS) is 22.1. The number of ether oxygens (including phenoxy) is 2. The van der Waals surface area contributed by atoms with Crippen molar-refractivity contribution in [1.82, 2.24) is 4.90 Å². The lowest BCUT2D eigenvalue weighted by molar-refractivity contribution is -0.145. The Labute approximate surface area is 152 Å². The van der Waals surface area contributed by atoms with Crippen molar-refractivity contribution in [2.45, 2.75) is 83.8 Å². The van der Waals surface area contributed by atoms with Crippen LogP contribution in [0.1, 0.15) is 48.0 Å². The minimum absolute atomic E-state index is 0.00732. The molecular formula is C18H33NO5Si. The number of hydrogen-bond acceptors (Lipinski definition) is 5. The van der Waals surface area contributed by atoms with Crippen molar-refractivity contribution in [3.63, 3.8) is 0 Å². The predicted molar refractivity (Wildman–Crippen MR) is 99.7 cm³/mol. The van der Waals surface area contributed by atoms with Crippen LogP contribution in [-0.2, 0) is 18.7 Å². The molecule has 0 N–H and O–H groups in total. The molecule has 0 bridgehead atoms. The van der Waals surface area contributed by atoms with E-state index in [0.717, 1.165) is 0 Å². The van der Waals surface area contributed by atoms with Crippen LogP contribution in [0.5, 0.6) is 0 Å². The highest BCUT2D eigenvalue weighted by molar-refractivity contribution is 6.74. The van der Waals surface area contributed by atoms with Crippen LogP contribution < -0.4 is 0 Å². The Morgan fingerprint density at radius 1 is 1.16 bits per heavy atom. The highest BCUT2D eigenvalue weighted by atomic mass is 28.4. The number of hydrogen-bond donors (Lipinski definition) is 0. The molecule has 0 radical (unpaired) electrons. The summed E-state index contributed by atoms with van der Waals surface area (Å²) in [4.78, 5) is 26.1. The van der Waals surface area contributed by atoms with E-state index in [-0.39, 0.29) is 5.04 Å². The number of nitrogens with zero attached hydrogens (tertiary/aromatic N) is 1. The molecule has 1 amide bonds. The molecular weight excluding hydrogens is 338 g/mol. The molecule has 1 rings (SSSR count). The van der Waals surface area contributed by atoms with E-state index in [2.05, 4.69) is 40.4 Å². The standard InChI is InChI=1S/C18H33NO5Si/c1-12-14(24-25(9,10)18(5,6)7)11-13(15(20)22-8)19(12)16(21)23-17(2,3)4/h13-14H,1,11H2,2-10H3/t13-,14?/m0/s1. The number of amides is 1. The van der Waals surface area contributed by atoms with Gasteiger partial charge in [-0.25, -0.2) is 9.59 Å². The third-order valence-electron chi connectivity index (χ3n) is 4.74. The van der Waals surface area contributed by atoms with Crippen LogP contribution in [0.4, 0.5) is 4.79 Å². The molecule has 1 fully saturated rings. The molecule has 25 heavy (non-hydrogen) atoms. The molecule has 7 heteroatoms. The molecule has 0 aliphatic carbocycles. The monoisotopic (exact) mass is 371 g/mol. The second-order valence-electron chi connectivity index (χ2n) is 8.98. The van der Waals surface area contributed by atoms with E-state index in [1.807, 2.05) is 0 Å².